The second kappa shape index (κ2) is 9.38. The molecular weight excluding hydrogens is 349 g/mol. The highest BCUT2D eigenvalue weighted by Crippen LogP contribution is 2.33. The van der Waals surface area contributed by atoms with Gasteiger partial charge in [0.2, 0.25) is 0 Å². The average Bonchev–Trinajstić information content (AvgIpc) is 2.97. The van der Waals surface area contributed by atoms with Gasteiger partial charge in [-0.1, -0.05) is 19.3 Å². The van der Waals surface area contributed by atoms with E-state index in [4.69, 9.17) is 11.5 Å². The Labute approximate surface area is 154 Å². The van der Waals surface area contributed by atoms with E-state index >= 15 is 0 Å². The molecular formula is C17H25Cl2N3S. The van der Waals surface area contributed by atoms with Gasteiger partial charge in [-0.15, -0.1) is 24.8 Å². The van der Waals surface area contributed by atoms with E-state index in [1.807, 2.05) is 18.2 Å². The highest BCUT2D eigenvalue weighted by molar-refractivity contribution is 7.08. The van der Waals surface area contributed by atoms with Gasteiger partial charge >= 0.3 is 0 Å². The molecule has 1 fully saturated rings. The fourth-order valence-electron chi connectivity index (χ4n) is 3.06. The van der Waals surface area contributed by atoms with Crippen LogP contribution in [0.5, 0.6) is 0 Å². The summed E-state index contributed by atoms with van der Waals surface area (Å²) in [5, 5.41) is 8.09. The van der Waals surface area contributed by atoms with Gasteiger partial charge in [0.05, 0.1) is 0 Å². The maximum Gasteiger partial charge on any atom is 0.0395 e. The van der Waals surface area contributed by atoms with Gasteiger partial charge in [-0.05, 0) is 52.9 Å². The first kappa shape index (κ1) is 20.1. The van der Waals surface area contributed by atoms with Gasteiger partial charge in [0.1, 0.15) is 0 Å². The third kappa shape index (κ3) is 5.01. The molecule has 2 aromatic rings. The fraction of sp³-hybridized carbons (Fsp3) is 0.412. The number of halogens is 2. The zero-order valence-electron chi connectivity index (χ0n) is 13.1. The summed E-state index contributed by atoms with van der Waals surface area (Å²) in [5.41, 5.74) is 17.2. The first-order chi connectivity index (χ1) is 10.2. The van der Waals surface area contributed by atoms with Crippen LogP contribution in [0, 0.1) is 0 Å². The largest absolute Gasteiger partial charge is 0.399 e. The van der Waals surface area contributed by atoms with Crippen molar-refractivity contribution in [1.82, 2.24) is 5.32 Å². The molecule has 3 nitrogen and oxygen atoms in total. The Kier molecular flexibility index (Phi) is 8.20. The van der Waals surface area contributed by atoms with Crippen molar-refractivity contribution in [1.29, 1.82) is 0 Å². The number of thiophene rings is 1. The molecule has 0 unspecified atom stereocenters. The molecule has 5 N–H and O–H groups in total. The SMILES string of the molecule is Cl.Cl.Nc1ccc(N)c(-c2cscc2CNC2CCCCC2)c1. The molecule has 1 aliphatic carbocycles. The minimum atomic E-state index is 0. The van der Waals surface area contributed by atoms with E-state index in [1.54, 1.807) is 11.3 Å². The smallest absolute Gasteiger partial charge is 0.0395 e. The summed E-state index contributed by atoms with van der Waals surface area (Å²) >= 11 is 1.73. The highest BCUT2D eigenvalue weighted by Gasteiger charge is 2.15. The second-order valence-electron chi connectivity index (χ2n) is 5.87. The maximum absolute atomic E-state index is 6.12. The predicted molar refractivity (Wildman–Crippen MR) is 107 cm³/mol. The number of hydrogen-bond donors (Lipinski definition) is 3. The summed E-state index contributed by atoms with van der Waals surface area (Å²) in [6.07, 6.45) is 6.72. The van der Waals surface area contributed by atoms with Crippen LogP contribution in [0.4, 0.5) is 11.4 Å². The van der Waals surface area contributed by atoms with Crippen molar-refractivity contribution < 1.29 is 0 Å². The second-order valence-corrected chi connectivity index (χ2v) is 6.62. The molecule has 0 radical (unpaired) electrons. The van der Waals surface area contributed by atoms with Crippen LogP contribution in [0.25, 0.3) is 11.1 Å². The molecule has 1 aliphatic rings. The standard InChI is InChI=1S/C17H23N3S.2ClH/c18-13-6-7-17(19)15(8-13)16-11-21-10-12(16)9-20-14-4-2-1-3-5-14;;/h6-8,10-11,14,20H,1-5,9,18-19H2;2*1H. The zero-order chi connectivity index (χ0) is 14.7. The lowest BCUT2D eigenvalue weighted by atomic mass is 9.95. The van der Waals surface area contributed by atoms with Gasteiger partial charge in [-0.25, -0.2) is 0 Å². The molecule has 0 spiro atoms. The Balaban J connectivity index is 0.00000132. The van der Waals surface area contributed by atoms with Gasteiger partial charge in [0.15, 0.2) is 0 Å². The van der Waals surface area contributed by atoms with Gasteiger partial charge in [0.25, 0.3) is 0 Å². The number of nitrogens with one attached hydrogen (secondary N) is 1. The normalized spacial score (nSPS) is 14.8. The van der Waals surface area contributed by atoms with E-state index in [0.717, 1.165) is 23.5 Å². The van der Waals surface area contributed by atoms with Crippen molar-refractivity contribution in [3.8, 4) is 11.1 Å². The third-order valence-electron chi connectivity index (χ3n) is 4.30. The number of nitrogens with two attached hydrogens (primary N) is 2. The lowest BCUT2D eigenvalue weighted by molar-refractivity contribution is 0.372. The van der Waals surface area contributed by atoms with E-state index in [-0.39, 0.29) is 24.8 Å². The fourth-order valence-corrected chi connectivity index (χ4v) is 3.92. The maximum atomic E-state index is 6.12. The van der Waals surface area contributed by atoms with E-state index in [0.29, 0.717) is 6.04 Å². The zero-order valence-corrected chi connectivity index (χ0v) is 15.5. The Morgan fingerprint density at radius 2 is 1.74 bits per heavy atom. The van der Waals surface area contributed by atoms with Crippen molar-refractivity contribution in [2.45, 2.75) is 44.7 Å². The molecule has 0 saturated heterocycles. The molecule has 128 valence electrons. The average molecular weight is 374 g/mol. The number of anilines is 2. The summed E-state index contributed by atoms with van der Waals surface area (Å²) in [7, 11) is 0. The molecule has 0 atom stereocenters. The molecule has 1 aromatic carbocycles. The van der Waals surface area contributed by atoms with Crippen LogP contribution in [0.2, 0.25) is 0 Å². The molecule has 0 bridgehead atoms. The Morgan fingerprint density at radius 1 is 1.00 bits per heavy atom. The van der Waals surface area contributed by atoms with Crippen LogP contribution in [-0.4, -0.2) is 6.04 Å². The van der Waals surface area contributed by atoms with Gasteiger partial charge in [-0.3, -0.25) is 0 Å². The van der Waals surface area contributed by atoms with E-state index in [9.17, 15) is 0 Å². The molecule has 1 heterocycles. The van der Waals surface area contributed by atoms with E-state index in [2.05, 4.69) is 16.1 Å². The quantitative estimate of drug-likeness (QED) is 0.671. The Morgan fingerprint density at radius 3 is 2.48 bits per heavy atom. The van der Waals surface area contributed by atoms with Gasteiger partial charge in [-0.2, -0.15) is 11.3 Å². The number of rotatable bonds is 4. The molecule has 1 saturated carbocycles. The summed E-state index contributed by atoms with van der Waals surface area (Å²) in [5.74, 6) is 0. The van der Waals surface area contributed by atoms with Crippen molar-refractivity contribution in [3.05, 3.63) is 34.5 Å². The number of hydrogen-bond acceptors (Lipinski definition) is 4. The van der Waals surface area contributed by atoms with Crippen molar-refractivity contribution >= 4 is 47.5 Å². The molecule has 6 heteroatoms. The summed E-state index contributed by atoms with van der Waals surface area (Å²) in [6.45, 7) is 0.914. The third-order valence-corrected chi connectivity index (χ3v) is 5.09. The Hall–Kier alpha value is -0.940. The van der Waals surface area contributed by atoms with Gasteiger partial charge < -0.3 is 16.8 Å². The minimum absolute atomic E-state index is 0. The van der Waals surface area contributed by atoms with E-state index < -0.39 is 0 Å². The van der Waals surface area contributed by atoms with Gasteiger partial charge in [0, 0.05) is 29.5 Å². The number of nitrogen functional groups attached to an aromatic ring is 2. The number of benzene rings is 1. The first-order valence-corrected chi connectivity index (χ1v) is 8.62. The minimum Gasteiger partial charge on any atom is -0.399 e. The molecule has 23 heavy (non-hydrogen) atoms. The lowest BCUT2D eigenvalue weighted by Crippen LogP contribution is -2.30. The van der Waals surface area contributed by atoms with E-state index in [1.165, 1.54) is 43.2 Å². The molecule has 0 aliphatic heterocycles. The summed E-state index contributed by atoms with van der Waals surface area (Å²) in [6, 6.07) is 6.39. The molecule has 3 rings (SSSR count). The summed E-state index contributed by atoms with van der Waals surface area (Å²) < 4.78 is 0. The molecule has 0 amide bonds. The highest BCUT2D eigenvalue weighted by atomic mass is 35.5. The van der Waals surface area contributed by atoms with Crippen molar-refractivity contribution in [2.75, 3.05) is 11.5 Å². The monoisotopic (exact) mass is 373 g/mol. The van der Waals surface area contributed by atoms with Crippen LogP contribution >= 0.6 is 36.2 Å². The summed E-state index contributed by atoms with van der Waals surface area (Å²) in [4.78, 5) is 0. The lowest BCUT2D eigenvalue weighted by Gasteiger charge is -2.23. The molecule has 1 aromatic heterocycles. The van der Waals surface area contributed by atoms with Crippen molar-refractivity contribution in [3.63, 3.8) is 0 Å². The van der Waals surface area contributed by atoms with Crippen LogP contribution in [0.15, 0.2) is 29.0 Å². The topological polar surface area (TPSA) is 64.1 Å². The van der Waals surface area contributed by atoms with Crippen LogP contribution in [0.3, 0.4) is 0 Å². The van der Waals surface area contributed by atoms with Crippen molar-refractivity contribution in [2.24, 2.45) is 0 Å². The Bertz CT molecular complexity index is 610. The van der Waals surface area contributed by atoms with Crippen LogP contribution in [0.1, 0.15) is 37.7 Å². The first-order valence-electron chi connectivity index (χ1n) is 7.68. The van der Waals surface area contributed by atoms with Crippen LogP contribution in [-0.2, 0) is 6.54 Å². The predicted octanol–water partition coefficient (Wildman–Crippen LogP) is 4.85. The van der Waals surface area contributed by atoms with Crippen LogP contribution < -0.4 is 16.8 Å².